The summed E-state index contributed by atoms with van der Waals surface area (Å²) in [5, 5.41) is 0. The molecule has 1 aromatic carbocycles. The van der Waals surface area contributed by atoms with Crippen LogP contribution in [0.5, 0.6) is 0 Å². The molecule has 1 heterocycles. The summed E-state index contributed by atoms with van der Waals surface area (Å²) in [4.78, 5) is 11.5. The lowest BCUT2D eigenvalue weighted by molar-refractivity contribution is -0.143. The third-order valence-electron chi connectivity index (χ3n) is 3.39. The Morgan fingerprint density at radius 2 is 1.59 bits per heavy atom. The molecule has 0 aliphatic carbocycles. The number of ether oxygens (including phenoxy) is 1. The zero-order valence-electron chi connectivity index (χ0n) is 14.2. The van der Waals surface area contributed by atoms with E-state index in [1.165, 1.54) is 29.1 Å². The molecule has 9 heteroatoms. The van der Waals surface area contributed by atoms with Crippen LogP contribution in [-0.2, 0) is 21.9 Å². The second-order valence-electron chi connectivity index (χ2n) is 5.90. The maximum Gasteiger partial charge on any atom is 0.416 e. The highest BCUT2D eigenvalue weighted by Gasteiger charge is 2.37. The van der Waals surface area contributed by atoms with Gasteiger partial charge in [-0.05, 0) is 49.7 Å². The molecule has 27 heavy (non-hydrogen) atoms. The molecule has 2 rings (SSSR count). The monoisotopic (exact) mass is 391 g/mol. The van der Waals surface area contributed by atoms with Gasteiger partial charge in [-0.3, -0.25) is 0 Å². The molecule has 1 aromatic heterocycles. The maximum absolute atomic E-state index is 13.0. The van der Waals surface area contributed by atoms with E-state index in [1.54, 1.807) is 13.8 Å². The van der Waals surface area contributed by atoms with Gasteiger partial charge in [-0.25, -0.2) is 4.79 Å². The van der Waals surface area contributed by atoms with Gasteiger partial charge in [-0.1, -0.05) is 0 Å². The molecular formula is C18H15F6NO2. The van der Waals surface area contributed by atoms with E-state index in [0.717, 1.165) is 6.08 Å². The van der Waals surface area contributed by atoms with Crippen molar-refractivity contribution < 1.29 is 35.9 Å². The molecule has 0 bridgehead atoms. The summed E-state index contributed by atoms with van der Waals surface area (Å²) >= 11 is 0. The van der Waals surface area contributed by atoms with E-state index < -0.39 is 29.4 Å². The Hall–Kier alpha value is -2.71. The smallest absolute Gasteiger partial charge is 0.416 e. The van der Waals surface area contributed by atoms with Gasteiger partial charge in [0.1, 0.15) is 0 Å². The Kier molecular flexibility index (Phi) is 5.72. The van der Waals surface area contributed by atoms with E-state index in [1.807, 2.05) is 0 Å². The number of rotatable bonds is 4. The van der Waals surface area contributed by atoms with Gasteiger partial charge in [-0.2, -0.15) is 26.3 Å². The third kappa shape index (κ3) is 5.38. The zero-order valence-corrected chi connectivity index (χ0v) is 14.2. The van der Waals surface area contributed by atoms with Gasteiger partial charge in [0.05, 0.1) is 22.9 Å². The van der Waals surface area contributed by atoms with Crippen molar-refractivity contribution in [3.05, 3.63) is 53.7 Å². The van der Waals surface area contributed by atoms with E-state index in [0.29, 0.717) is 12.1 Å². The second-order valence-corrected chi connectivity index (χ2v) is 5.90. The van der Waals surface area contributed by atoms with Crippen molar-refractivity contribution in [3.63, 3.8) is 0 Å². The number of benzene rings is 1. The van der Waals surface area contributed by atoms with Gasteiger partial charge in [0, 0.05) is 18.5 Å². The van der Waals surface area contributed by atoms with E-state index >= 15 is 0 Å². The number of nitrogens with zero attached hydrogens (tertiary/aromatic N) is 1. The number of carbonyl (C=O) groups excluding carboxylic acids is 1. The Bertz CT molecular complexity index is 814. The summed E-state index contributed by atoms with van der Waals surface area (Å²) < 4.78 is 84.1. The first-order chi connectivity index (χ1) is 12.4. The molecule has 0 atom stereocenters. The van der Waals surface area contributed by atoms with Crippen molar-refractivity contribution in [1.29, 1.82) is 0 Å². The molecule has 3 nitrogen and oxygen atoms in total. The Morgan fingerprint density at radius 3 is 2.07 bits per heavy atom. The molecule has 0 saturated carbocycles. The fourth-order valence-electron chi connectivity index (χ4n) is 2.28. The SMILES string of the molecule is CC(C)OC(=O)/C=C/n1cccc1-c1cc(C(F)(F)F)cc(C(F)(F)F)c1. The fourth-order valence-corrected chi connectivity index (χ4v) is 2.28. The minimum atomic E-state index is -4.94. The fraction of sp³-hybridized carbons (Fsp3) is 0.278. The van der Waals surface area contributed by atoms with Crippen molar-refractivity contribution >= 4 is 12.2 Å². The number of hydrogen-bond donors (Lipinski definition) is 0. The van der Waals surface area contributed by atoms with Gasteiger partial charge in [0.15, 0.2) is 0 Å². The predicted molar refractivity (Wildman–Crippen MR) is 86.4 cm³/mol. The lowest BCUT2D eigenvalue weighted by atomic mass is 10.0. The highest BCUT2D eigenvalue weighted by molar-refractivity contribution is 5.85. The van der Waals surface area contributed by atoms with Crippen LogP contribution >= 0.6 is 0 Å². The molecule has 2 aromatic rings. The molecule has 0 N–H and O–H groups in total. The highest BCUT2D eigenvalue weighted by atomic mass is 19.4. The minimum Gasteiger partial charge on any atom is -0.460 e. The topological polar surface area (TPSA) is 31.2 Å². The number of esters is 1. The van der Waals surface area contributed by atoms with Crippen LogP contribution in [0.15, 0.2) is 42.6 Å². The molecule has 0 saturated heterocycles. The predicted octanol–water partition coefficient (Wildman–Crippen LogP) is 5.62. The molecule has 0 aliphatic heterocycles. The normalized spacial score (nSPS) is 12.8. The highest BCUT2D eigenvalue weighted by Crippen LogP contribution is 2.38. The average molecular weight is 391 g/mol. The lowest BCUT2D eigenvalue weighted by Gasteiger charge is -2.15. The summed E-state index contributed by atoms with van der Waals surface area (Å²) in [7, 11) is 0. The molecule has 0 fully saturated rings. The second kappa shape index (κ2) is 7.50. The molecule has 146 valence electrons. The summed E-state index contributed by atoms with van der Waals surface area (Å²) in [6.07, 6.45) is -6.63. The molecule has 0 unspecified atom stereocenters. The molecule has 0 amide bonds. The van der Waals surface area contributed by atoms with Crippen LogP contribution in [0.2, 0.25) is 0 Å². The van der Waals surface area contributed by atoms with Crippen molar-refractivity contribution in [2.24, 2.45) is 0 Å². The third-order valence-corrected chi connectivity index (χ3v) is 3.39. The molecular weight excluding hydrogens is 376 g/mol. The first-order valence-corrected chi connectivity index (χ1v) is 7.73. The van der Waals surface area contributed by atoms with Gasteiger partial charge < -0.3 is 9.30 Å². The Labute approximate surface area is 150 Å². The van der Waals surface area contributed by atoms with Crippen LogP contribution in [0.25, 0.3) is 17.5 Å². The lowest BCUT2D eigenvalue weighted by Crippen LogP contribution is -2.11. The van der Waals surface area contributed by atoms with Crippen molar-refractivity contribution in [3.8, 4) is 11.3 Å². The summed E-state index contributed by atoms with van der Waals surface area (Å²) in [5.41, 5.74) is -3.06. The van der Waals surface area contributed by atoms with Crippen LogP contribution < -0.4 is 0 Å². The van der Waals surface area contributed by atoms with E-state index in [2.05, 4.69) is 0 Å². The number of carbonyl (C=O) groups is 1. The van der Waals surface area contributed by atoms with Crippen LogP contribution in [0.1, 0.15) is 25.0 Å². The van der Waals surface area contributed by atoms with E-state index in [9.17, 15) is 31.1 Å². The first-order valence-electron chi connectivity index (χ1n) is 7.73. The molecule has 0 spiro atoms. The molecule has 0 radical (unpaired) electrons. The first kappa shape index (κ1) is 20.6. The van der Waals surface area contributed by atoms with E-state index in [4.69, 9.17) is 4.74 Å². The minimum absolute atomic E-state index is 0.0557. The van der Waals surface area contributed by atoms with E-state index in [-0.39, 0.29) is 23.4 Å². The number of aromatic nitrogens is 1. The number of alkyl halides is 6. The summed E-state index contributed by atoms with van der Waals surface area (Å²) in [5.74, 6) is -0.690. The summed E-state index contributed by atoms with van der Waals surface area (Å²) in [6.45, 7) is 3.27. The maximum atomic E-state index is 13.0. The standard InChI is InChI=1S/C18H15F6NO2/c1-11(2)27-16(26)5-7-25-6-3-4-15(25)12-8-13(17(19,20)21)10-14(9-12)18(22,23)24/h3-11H,1-2H3/b7-5+. The van der Waals surface area contributed by atoms with Gasteiger partial charge >= 0.3 is 18.3 Å². The van der Waals surface area contributed by atoms with Crippen LogP contribution in [0, 0.1) is 0 Å². The van der Waals surface area contributed by atoms with Gasteiger partial charge in [0.25, 0.3) is 0 Å². The largest absolute Gasteiger partial charge is 0.460 e. The number of halogens is 6. The average Bonchev–Trinajstić information content (AvgIpc) is 2.98. The Balaban J connectivity index is 2.49. The van der Waals surface area contributed by atoms with Crippen molar-refractivity contribution in [2.45, 2.75) is 32.3 Å². The van der Waals surface area contributed by atoms with Crippen LogP contribution in [-0.4, -0.2) is 16.6 Å². The number of hydrogen-bond acceptors (Lipinski definition) is 2. The van der Waals surface area contributed by atoms with Gasteiger partial charge in [-0.15, -0.1) is 0 Å². The van der Waals surface area contributed by atoms with Crippen LogP contribution in [0.3, 0.4) is 0 Å². The van der Waals surface area contributed by atoms with Crippen molar-refractivity contribution in [1.82, 2.24) is 4.57 Å². The van der Waals surface area contributed by atoms with Crippen LogP contribution in [0.4, 0.5) is 26.3 Å². The van der Waals surface area contributed by atoms with Crippen molar-refractivity contribution in [2.75, 3.05) is 0 Å². The quantitative estimate of drug-likeness (QED) is 0.385. The Morgan fingerprint density at radius 1 is 1.04 bits per heavy atom. The molecule has 0 aliphatic rings. The van der Waals surface area contributed by atoms with Gasteiger partial charge in [0.2, 0.25) is 0 Å². The zero-order chi connectivity index (χ0) is 20.4. The summed E-state index contributed by atoms with van der Waals surface area (Å²) in [6, 6.07) is 4.09.